The van der Waals surface area contributed by atoms with E-state index in [-0.39, 0.29) is 10.6 Å². The third-order valence-corrected chi connectivity index (χ3v) is 4.99. The Morgan fingerprint density at radius 1 is 1.30 bits per heavy atom. The minimum Gasteiger partial charge on any atom is -0.495 e. The SMILES string of the molecule is COc1ccccc1S(=O)(=O)N1CC(=O)NC(=O)C1C. The lowest BCUT2D eigenvalue weighted by atomic mass is 10.2. The number of carbonyl (C=O) groups is 2. The van der Waals surface area contributed by atoms with Gasteiger partial charge in [-0.05, 0) is 19.1 Å². The van der Waals surface area contributed by atoms with Crippen LogP contribution >= 0.6 is 0 Å². The lowest BCUT2D eigenvalue weighted by Gasteiger charge is -2.30. The number of nitrogens with one attached hydrogen (secondary N) is 1. The molecule has 0 radical (unpaired) electrons. The van der Waals surface area contributed by atoms with Crippen molar-refractivity contribution < 1.29 is 22.7 Å². The van der Waals surface area contributed by atoms with E-state index < -0.39 is 34.4 Å². The zero-order valence-corrected chi connectivity index (χ0v) is 11.8. The van der Waals surface area contributed by atoms with Gasteiger partial charge in [-0.15, -0.1) is 0 Å². The molecule has 1 aromatic carbocycles. The van der Waals surface area contributed by atoms with Gasteiger partial charge in [-0.1, -0.05) is 12.1 Å². The van der Waals surface area contributed by atoms with Crippen molar-refractivity contribution in [2.75, 3.05) is 13.7 Å². The van der Waals surface area contributed by atoms with Crippen LogP contribution in [-0.2, 0) is 19.6 Å². The first-order chi connectivity index (χ1) is 9.37. The normalized spacial score (nSPS) is 20.6. The number of ether oxygens (including phenoxy) is 1. The Kier molecular flexibility index (Phi) is 3.78. The molecule has 1 saturated heterocycles. The zero-order valence-electron chi connectivity index (χ0n) is 11.0. The van der Waals surface area contributed by atoms with Gasteiger partial charge in [-0.2, -0.15) is 4.31 Å². The van der Waals surface area contributed by atoms with Crippen molar-refractivity contribution in [3.63, 3.8) is 0 Å². The fourth-order valence-corrected chi connectivity index (χ4v) is 3.65. The van der Waals surface area contributed by atoms with Crippen molar-refractivity contribution in [2.45, 2.75) is 17.9 Å². The highest BCUT2D eigenvalue weighted by Gasteiger charge is 2.39. The van der Waals surface area contributed by atoms with Crippen molar-refractivity contribution in [2.24, 2.45) is 0 Å². The van der Waals surface area contributed by atoms with Gasteiger partial charge < -0.3 is 4.74 Å². The average molecular weight is 298 g/mol. The molecular formula is C12H14N2O5S. The standard InChI is InChI=1S/C12H14N2O5S/c1-8-12(16)13-11(15)7-14(8)20(17,18)10-6-4-3-5-9(10)19-2/h3-6,8H,7H2,1-2H3,(H,13,15,16). The second-order valence-electron chi connectivity index (χ2n) is 4.29. The Balaban J connectivity index is 2.49. The quantitative estimate of drug-likeness (QED) is 0.776. The molecule has 1 N–H and O–H groups in total. The first-order valence-electron chi connectivity index (χ1n) is 5.86. The number of imide groups is 1. The smallest absolute Gasteiger partial charge is 0.247 e. The molecule has 108 valence electrons. The number of sulfonamides is 1. The maximum atomic E-state index is 12.6. The van der Waals surface area contributed by atoms with E-state index in [1.165, 1.54) is 26.2 Å². The van der Waals surface area contributed by atoms with Crippen molar-refractivity contribution in [1.29, 1.82) is 0 Å². The third-order valence-electron chi connectivity index (χ3n) is 3.03. The Morgan fingerprint density at radius 2 is 1.95 bits per heavy atom. The molecule has 0 aromatic heterocycles. The van der Waals surface area contributed by atoms with Gasteiger partial charge in [0.2, 0.25) is 21.8 Å². The van der Waals surface area contributed by atoms with Crippen LogP contribution in [-0.4, -0.2) is 44.2 Å². The molecule has 2 rings (SSSR count). The maximum absolute atomic E-state index is 12.6. The first-order valence-corrected chi connectivity index (χ1v) is 7.30. The summed E-state index contributed by atoms with van der Waals surface area (Å²) in [7, 11) is -2.64. The summed E-state index contributed by atoms with van der Waals surface area (Å²) in [5.41, 5.74) is 0. The van der Waals surface area contributed by atoms with Gasteiger partial charge in [0.25, 0.3) is 0 Å². The largest absolute Gasteiger partial charge is 0.495 e. The van der Waals surface area contributed by atoms with Gasteiger partial charge in [0.05, 0.1) is 13.7 Å². The summed E-state index contributed by atoms with van der Waals surface area (Å²) >= 11 is 0. The van der Waals surface area contributed by atoms with Crippen LogP contribution in [0.15, 0.2) is 29.2 Å². The molecule has 2 amide bonds. The number of amides is 2. The molecule has 7 nitrogen and oxygen atoms in total. The van der Waals surface area contributed by atoms with E-state index >= 15 is 0 Å². The summed E-state index contributed by atoms with van der Waals surface area (Å²) in [5, 5.41) is 2.10. The van der Waals surface area contributed by atoms with Gasteiger partial charge in [0.15, 0.2) is 0 Å². The molecule has 0 saturated carbocycles. The molecule has 0 spiro atoms. The van der Waals surface area contributed by atoms with Crippen LogP contribution in [0.25, 0.3) is 0 Å². The number of nitrogens with zero attached hydrogens (tertiary/aromatic N) is 1. The van der Waals surface area contributed by atoms with Crippen LogP contribution in [0.5, 0.6) is 5.75 Å². The fourth-order valence-electron chi connectivity index (χ4n) is 1.94. The van der Waals surface area contributed by atoms with Gasteiger partial charge >= 0.3 is 0 Å². The van der Waals surface area contributed by atoms with E-state index in [1.807, 2.05) is 0 Å². The molecule has 1 aliphatic heterocycles. The molecule has 0 aliphatic carbocycles. The van der Waals surface area contributed by atoms with Gasteiger partial charge in [-0.25, -0.2) is 8.42 Å². The second-order valence-corrected chi connectivity index (χ2v) is 6.15. The number of benzene rings is 1. The number of hydrogen-bond acceptors (Lipinski definition) is 5. The van der Waals surface area contributed by atoms with E-state index in [1.54, 1.807) is 12.1 Å². The highest BCUT2D eigenvalue weighted by molar-refractivity contribution is 7.89. The van der Waals surface area contributed by atoms with E-state index in [9.17, 15) is 18.0 Å². The summed E-state index contributed by atoms with van der Waals surface area (Å²) in [5.74, 6) is -1.12. The average Bonchev–Trinajstić information content (AvgIpc) is 2.42. The topological polar surface area (TPSA) is 92.8 Å². The predicted molar refractivity (Wildman–Crippen MR) is 69.5 cm³/mol. The molecule has 8 heteroatoms. The summed E-state index contributed by atoms with van der Waals surface area (Å²) in [6.45, 7) is 1.03. The maximum Gasteiger partial charge on any atom is 0.247 e. The number of rotatable bonds is 3. The van der Waals surface area contributed by atoms with E-state index in [0.29, 0.717) is 0 Å². The molecule has 1 fully saturated rings. The van der Waals surface area contributed by atoms with Gasteiger partial charge in [-0.3, -0.25) is 14.9 Å². The predicted octanol–water partition coefficient (Wildman–Crippen LogP) is -0.269. The molecule has 1 unspecified atom stereocenters. The van der Waals surface area contributed by atoms with E-state index in [4.69, 9.17) is 4.74 Å². The zero-order chi connectivity index (χ0) is 14.9. The van der Waals surface area contributed by atoms with Gasteiger partial charge in [0.1, 0.15) is 16.7 Å². The Hall–Kier alpha value is -1.93. The first kappa shape index (κ1) is 14.5. The number of hydrogen-bond donors (Lipinski definition) is 1. The van der Waals surface area contributed by atoms with Crippen LogP contribution in [0.2, 0.25) is 0 Å². The Morgan fingerprint density at radius 3 is 2.60 bits per heavy atom. The monoisotopic (exact) mass is 298 g/mol. The molecule has 1 aliphatic rings. The molecule has 20 heavy (non-hydrogen) atoms. The van der Waals surface area contributed by atoms with Gasteiger partial charge in [0, 0.05) is 0 Å². The van der Waals surface area contributed by atoms with Crippen LogP contribution < -0.4 is 10.1 Å². The van der Waals surface area contributed by atoms with Crippen LogP contribution in [0.1, 0.15) is 6.92 Å². The number of methoxy groups -OCH3 is 1. The number of carbonyl (C=O) groups excluding carboxylic acids is 2. The minimum absolute atomic E-state index is 0.0724. The number of para-hydroxylation sites is 1. The third kappa shape index (κ3) is 2.39. The van der Waals surface area contributed by atoms with Crippen molar-refractivity contribution in [3.8, 4) is 5.75 Å². The molecular weight excluding hydrogens is 284 g/mol. The van der Waals surface area contributed by atoms with Crippen LogP contribution in [0.4, 0.5) is 0 Å². The molecule has 0 bridgehead atoms. The molecule has 1 atom stereocenters. The molecule has 1 heterocycles. The van der Waals surface area contributed by atoms with Crippen LogP contribution in [0, 0.1) is 0 Å². The highest BCUT2D eigenvalue weighted by Crippen LogP contribution is 2.27. The van der Waals surface area contributed by atoms with Crippen LogP contribution in [0.3, 0.4) is 0 Å². The van der Waals surface area contributed by atoms with Crippen molar-refractivity contribution >= 4 is 21.8 Å². The second kappa shape index (κ2) is 5.22. The van der Waals surface area contributed by atoms with Crippen molar-refractivity contribution in [3.05, 3.63) is 24.3 Å². The minimum atomic E-state index is -3.99. The Bertz CT molecular complexity index is 656. The van der Waals surface area contributed by atoms with Crippen molar-refractivity contribution in [1.82, 2.24) is 9.62 Å². The van der Waals surface area contributed by atoms with E-state index in [0.717, 1.165) is 4.31 Å². The summed E-state index contributed by atoms with van der Waals surface area (Å²) in [4.78, 5) is 22.9. The lowest BCUT2D eigenvalue weighted by molar-refractivity contribution is -0.136. The highest BCUT2D eigenvalue weighted by atomic mass is 32.2. The fraction of sp³-hybridized carbons (Fsp3) is 0.333. The Labute approximate surface area is 116 Å². The summed E-state index contributed by atoms with van der Waals surface area (Å²) in [6, 6.07) is 5.10. The van der Waals surface area contributed by atoms with E-state index in [2.05, 4.69) is 5.32 Å². The summed E-state index contributed by atoms with van der Waals surface area (Å²) in [6.07, 6.45) is 0. The molecule has 1 aromatic rings. The summed E-state index contributed by atoms with van der Waals surface area (Å²) < 4.78 is 31.1. The number of piperazine rings is 1. The lowest BCUT2D eigenvalue weighted by Crippen LogP contribution is -2.58.